The second kappa shape index (κ2) is 6.54. The summed E-state index contributed by atoms with van der Waals surface area (Å²) in [7, 11) is 0. The molecule has 0 unspecified atom stereocenters. The molecule has 0 atom stereocenters. The number of hydrogen-bond acceptors (Lipinski definition) is 3. The van der Waals surface area contributed by atoms with E-state index in [4.69, 9.17) is 0 Å². The molecule has 6 heteroatoms. The normalized spacial score (nSPS) is 16.0. The van der Waals surface area contributed by atoms with Crippen LogP contribution in [0.1, 0.15) is 15.9 Å². The number of halogens is 2. The van der Waals surface area contributed by atoms with E-state index < -0.39 is 11.6 Å². The number of nitrogens with zero attached hydrogens (tertiary/aromatic N) is 2. The first kappa shape index (κ1) is 15.1. The van der Waals surface area contributed by atoms with Gasteiger partial charge in [0.05, 0.1) is 0 Å². The molecule has 1 fully saturated rings. The summed E-state index contributed by atoms with van der Waals surface area (Å²) in [5.41, 5.74) is 1.48. The van der Waals surface area contributed by atoms with Gasteiger partial charge >= 0.3 is 0 Å². The zero-order valence-corrected chi connectivity index (χ0v) is 12.8. The average Bonchev–Trinajstić information content (AvgIpc) is 3.03. The van der Waals surface area contributed by atoms with Gasteiger partial charge in [0.15, 0.2) is 11.6 Å². The van der Waals surface area contributed by atoms with Crippen molar-refractivity contribution in [2.45, 2.75) is 6.54 Å². The lowest BCUT2D eigenvalue weighted by molar-refractivity contribution is 0.0628. The van der Waals surface area contributed by atoms with Crippen molar-refractivity contribution in [1.82, 2.24) is 9.80 Å². The van der Waals surface area contributed by atoms with Crippen LogP contribution in [0.4, 0.5) is 8.78 Å². The van der Waals surface area contributed by atoms with Gasteiger partial charge in [0.1, 0.15) is 0 Å². The highest BCUT2D eigenvalue weighted by Gasteiger charge is 2.22. The molecule has 116 valence electrons. The molecule has 0 N–H and O–H groups in total. The zero-order valence-electron chi connectivity index (χ0n) is 12.0. The van der Waals surface area contributed by atoms with Crippen molar-refractivity contribution < 1.29 is 13.6 Å². The molecule has 1 aliphatic rings. The number of piperazine rings is 1. The molecule has 1 aliphatic heterocycles. The molecule has 0 bridgehead atoms. The van der Waals surface area contributed by atoms with Crippen LogP contribution < -0.4 is 0 Å². The van der Waals surface area contributed by atoms with Gasteiger partial charge in [-0.15, -0.1) is 0 Å². The summed E-state index contributed by atoms with van der Waals surface area (Å²) < 4.78 is 26.2. The van der Waals surface area contributed by atoms with E-state index in [1.165, 1.54) is 11.6 Å². The Morgan fingerprint density at radius 3 is 2.50 bits per heavy atom. The van der Waals surface area contributed by atoms with Crippen LogP contribution in [-0.2, 0) is 6.54 Å². The molecular weight excluding hydrogens is 306 g/mol. The van der Waals surface area contributed by atoms with E-state index in [9.17, 15) is 13.6 Å². The van der Waals surface area contributed by atoms with E-state index in [0.717, 1.165) is 31.8 Å². The number of rotatable bonds is 3. The van der Waals surface area contributed by atoms with E-state index in [2.05, 4.69) is 21.7 Å². The summed E-state index contributed by atoms with van der Waals surface area (Å²) in [6, 6.07) is 5.40. The molecule has 0 radical (unpaired) electrons. The molecule has 3 rings (SSSR count). The van der Waals surface area contributed by atoms with Crippen molar-refractivity contribution >= 4 is 17.2 Å². The molecule has 2 aromatic rings. The molecule has 1 aromatic heterocycles. The third-order valence-corrected chi connectivity index (χ3v) is 4.54. The van der Waals surface area contributed by atoms with Gasteiger partial charge in [-0.25, -0.2) is 8.78 Å². The molecule has 2 heterocycles. The van der Waals surface area contributed by atoms with Crippen LogP contribution in [0.25, 0.3) is 0 Å². The van der Waals surface area contributed by atoms with Gasteiger partial charge in [0.25, 0.3) is 5.91 Å². The number of amides is 1. The minimum Gasteiger partial charge on any atom is -0.336 e. The lowest BCUT2D eigenvalue weighted by Crippen LogP contribution is -2.48. The predicted molar refractivity (Wildman–Crippen MR) is 81.9 cm³/mol. The molecular formula is C16H16F2N2OS. The number of thiophene rings is 1. The van der Waals surface area contributed by atoms with E-state index in [1.807, 2.05) is 0 Å². The van der Waals surface area contributed by atoms with Crippen LogP contribution in [-0.4, -0.2) is 41.9 Å². The van der Waals surface area contributed by atoms with Crippen molar-refractivity contribution in [2.24, 2.45) is 0 Å². The molecule has 1 saturated heterocycles. The van der Waals surface area contributed by atoms with Crippen LogP contribution in [0.5, 0.6) is 0 Å². The van der Waals surface area contributed by atoms with Crippen molar-refractivity contribution in [3.63, 3.8) is 0 Å². The Balaban J connectivity index is 1.58. The van der Waals surface area contributed by atoms with Gasteiger partial charge in [0, 0.05) is 38.3 Å². The maximum Gasteiger partial charge on any atom is 0.254 e. The van der Waals surface area contributed by atoms with Crippen LogP contribution in [0.2, 0.25) is 0 Å². The van der Waals surface area contributed by atoms with Gasteiger partial charge in [-0.2, -0.15) is 11.3 Å². The third-order valence-electron chi connectivity index (χ3n) is 3.81. The standard InChI is InChI=1S/C16H16F2N2OS/c17-14-2-1-13(9-15(14)18)16(21)20-6-4-19(5-7-20)10-12-3-8-22-11-12/h1-3,8-9,11H,4-7,10H2. The van der Waals surface area contributed by atoms with Gasteiger partial charge < -0.3 is 4.90 Å². The van der Waals surface area contributed by atoms with Crippen LogP contribution in [0, 0.1) is 11.6 Å². The van der Waals surface area contributed by atoms with E-state index in [-0.39, 0.29) is 11.5 Å². The highest BCUT2D eigenvalue weighted by Crippen LogP contribution is 2.15. The van der Waals surface area contributed by atoms with E-state index >= 15 is 0 Å². The monoisotopic (exact) mass is 322 g/mol. The summed E-state index contributed by atoms with van der Waals surface area (Å²) in [5.74, 6) is -2.16. The Kier molecular flexibility index (Phi) is 4.49. The first-order valence-corrected chi connectivity index (χ1v) is 8.05. The zero-order chi connectivity index (χ0) is 15.5. The summed E-state index contributed by atoms with van der Waals surface area (Å²) in [6.07, 6.45) is 0. The SMILES string of the molecule is O=C(c1ccc(F)c(F)c1)N1CCN(Cc2ccsc2)CC1. The van der Waals surface area contributed by atoms with Crippen molar-refractivity contribution in [1.29, 1.82) is 0 Å². The lowest BCUT2D eigenvalue weighted by atomic mass is 10.1. The number of carbonyl (C=O) groups is 1. The Hall–Kier alpha value is -1.79. The largest absolute Gasteiger partial charge is 0.336 e. The topological polar surface area (TPSA) is 23.6 Å². The van der Waals surface area contributed by atoms with Crippen molar-refractivity contribution in [3.05, 3.63) is 57.8 Å². The quantitative estimate of drug-likeness (QED) is 0.867. The number of hydrogen-bond donors (Lipinski definition) is 0. The predicted octanol–water partition coefficient (Wildman–Crippen LogP) is 2.98. The fraction of sp³-hybridized carbons (Fsp3) is 0.312. The summed E-state index contributed by atoms with van der Waals surface area (Å²) in [5, 5.41) is 4.18. The summed E-state index contributed by atoms with van der Waals surface area (Å²) in [4.78, 5) is 16.3. The maximum atomic E-state index is 13.2. The van der Waals surface area contributed by atoms with Gasteiger partial charge in [-0.05, 0) is 40.6 Å². The Morgan fingerprint density at radius 1 is 1.09 bits per heavy atom. The molecule has 0 saturated carbocycles. The number of carbonyl (C=O) groups excluding carboxylic acids is 1. The van der Waals surface area contributed by atoms with Gasteiger partial charge in [0.2, 0.25) is 0 Å². The second-order valence-electron chi connectivity index (χ2n) is 5.33. The minimum atomic E-state index is -0.984. The average molecular weight is 322 g/mol. The van der Waals surface area contributed by atoms with Crippen LogP contribution in [0.15, 0.2) is 35.0 Å². The Bertz CT molecular complexity index is 652. The molecule has 3 nitrogen and oxygen atoms in total. The first-order valence-electron chi connectivity index (χ1n) is 7.11. The number of benzene rings is 1. The molecule has 1 amide bonds. The molecule has 22 heavy (non-hydrogen) atoms. The Morgan fingerprint density at radius 2 is 1.86 bits per heavy atom. The van der Waals surface area contributed by atoms with E-state index in [0.29, 0.717) is 13.1 Å². The van der Waals surface area contributed by atoms with Crippen molar-refractivity contribution in [2.75, 3.05) is 26.2 Å². The highest BCUT2D eigenvalue weighted by atomic mass is 32.1. The fourth-order valence-corrected chi connectivity index (χ4v) is 3.22. The van der Waals surface area contributed by atoms with Gasteiger partial charge in [-0.1, -0.05) is 0 Å². The van der Waals surface area contributed by atoms with Gasteiger partial charge in [-0.3, -0.25) is 9.69 Å². The summed E-state index contributed by atoms with van der Waals surface area (Å²) >= 11 is 1.68. The molecule has 0 aliphatic carbocycles. The molecule has 0 spiro atoms. The Labute approximate surface area is 131 Å². The highest BCUT2D eigenvalue weighted by molar-refractivity contribution is 7.07. The third kappa shape index (κ3) is 3.34. The second-order valence-corrected chi connectivity index (χ2v) is 6.11. The summed E-state index contributed by atoms with van der Waals surface area (Å²) in [6.45, 7) is 3.65. The maximum absolute atomic E-state index is 13.2. The van der Waals surface area contributed by atoms with Crippen LogP contribution in [0.3, 0.4) is 0 Å². The van der Waals surface area contributed by atoms with Crippen LogP contribution >= 0.6 is 11.3 Å². The smallest absolute Gasteiger partial charge is 0.254 e. The minimum absolute atomic E-state index is 0.199. The van der Waals surface area contributed by atoms with Crippen molar-refractivity contribution in [3.8, 4) is 0 Å². The first-order chi connectivity index (χ1) is 10.6. The fourth-order valence-electron chi connectivity index (χ4n) is 2.56. The van der Waals surface area contributed by atoms with E-state index in [1.54, 1.807) is 16.2 Å². The molecule has 1 aromatic carbocycles. The lowest BCUT2D eigenvalue weighted by Gasteiger charge is -2.34.